The number of fused-ring (bicyclic) bond motifs is 1. The first kappa shape index (κ1) is 18.2. The number of benzene rings is 2. The minimum absolute atomic E-state index is 0.135. The van der Waals surface area contributed by atoms with Gasteiger partial charge < -0.3 is 4.90 Å². The number of anilines is 2. The lowest BCUT2D eigenvalue weighted by Crippen LogP contribution is -2.52. The summed E-state index contributed by atoms with van der Waals surface area (Å²) in [6.07, 6.45) is 0.135. The number of para-hydroxylation sites is 1. The summed E-state index contributed by atoms with van der Waals surface area (Å²) < 4.78 is 14.7. The predicted molar refractivity (Wildman–Crippen MR) is 111 cm³/mol. The third-order valence-electron chi connectivity index (χ3n) is 5.50. The van der Waals surface area contributed by atoms with Crippen molar-refractivity contribution in [2.45, 2.75) is 12.5 Å². The molecule has 3 heterocycles. The summed E-state index contributed by atoms with van der Waals surface area (Å²) in [4.78, 5) is 35.5. The Morgan fingerprint density at radius 2 is 1.79 bits per heavy atom. The highest BCUT2D eigenvalue weighted by Gasteiger charge is 2.43. The van der Waals surface area contributed by atoms with E-state index >= 15 is 0 Å². The molecule has 6 nitrogen and oxygen atoms in total. The minimum Gasteiger partial charge on any atom is -0.345 e. The van der Waals surface area contributed by atoms with Gasteiger partial charge in [-0.3, -0.25) is 14.5 Å². The summed E-state index contributed by atoms with van der Waals surface area (Å²) in [5, 5.41) is 0.987. The van der Waals surface area contributed by atoms with Crippen molar-refractivity contribution in [3.8, 4) is 0 Å². The van der Waals surface area contributed by atoms with Gasteiger partial charge in [0.1, 0.15) is 5.82 Å². The molecule has 0 aliphatic carbocycles. The molecule has 1 atom stereocenters. The van der Waals surface area contributed by atoms with Crippen molar-refractivity contribution < 1.29 is 14.0 Å². The maximum atomic E-state index is 13.5. The van der Waals surface area contributed by atoms with Gasteiger partial charge in [-0.25, -0.2) is 14.3 Å². The lowest BCUT2D eigenvalue weighted by atomic mass is 10.2. The first-order valence-electron chi connectivity index (χ1n) is 9.57. The molecule has 0 radical (unpaired) electrons. The van der Waals surface area contributed by atoms with E-state index < -0.39 is 11.9 Å². The Morgan fingerprint density at radius 1 is 1.00 bits per heavy atom. The fourth-order valence-corrected chi connectivity index (χ4v) is 5.03. The minimum atomic E-state index is -0.483. The van der Waals surface area contributed by atoms with Crippen LogP contribution in [0, 0.1) is 5.82 Å². The van der Waals surface area contributed by atoms with Gasteiger partial charge in [-0.15, -0.1) is 0 Å². The van der Waals surface area contributed by atoms with Crippen LogP contribution in [0.1, 0.15) is 6.42 Å². The van der Waals surface area contributed by atoms with Gasteiger partial charge in [0.15, 0.2) is 5.13 Å². The first-order valence-corrected chi connectivity index (χ1v) is 10.4. The number of piperazine rings is 1. The molecule has 0 spiro atoms. The van der Waals surface area contributed by atoms with Crippen LogP contribution in [-0.4, -0.2) is 53.9 Å². The molecule has 2 saturated heterocycles. The summed E-state index contributed by atoms with van der Waals surface area (Å²) in [7, 11) is 0. The monoisotopic (exact) mass is 410 g/mol. The van der Waals surface area contributed by atoms with Crippen LogP contribution in [0.3, 0.4) is 0 Å². The van der Waals surface area contributed by atoms with Gasteiger partial charge in [-0.1, -0.05) is 29.5 Å². The zero-order valence-corrected chi connectivity index (χ0v) is 16.4. The maximum Gasteiger partial charge on any atom is 0.251 e. The van der Waals surface area contributed by atoms with Gasteiger partial charge in [-0.05, 0) is 30.3 Å². The van der Waals surface area contributed by atoms with Crippen molar-refractivity contribution in [1.82, 2.24) is 9.88 Å². The Bertz CT molecular complexity index is 1060. The van der Waals surface area contributed by atoms with Crippen molar-refractivity contribution in [3.63, 3.8) is 0 Å². The molecule has 2 fully saturated rings. The smallest absolute Gasteiger partial charge is 0.251 e. The number of imide groups is 1. The molecule has 5 rings (SSSR count). The van der Waals surface area contributed by atoms with E-state index in [1.54, 1.807) is 17.4 Å². The van der Waals surface area contributed by atoms with Crippen molar-refractivity contribution in [2.24, 2.45) is 0 Å². The number of nitrogens with zero attached hydrogens (tertiary/aromatic N) is 4. The largest absolute Gasteiger partial charge is 0.345 e. The molecule has 8 heteroatoms. The Kier molecular flexibility index (Phi) is 4.52. The van der Waals surface area contributed by atoms with E-state index in [4.69, 9.17) is 4.98 Å². The molecule has 0 bridgehead atoms. The summed E-state index contributed by atoms with van der Waals surface area (Å²) in [5.41, 5.74) is 1.30. The number of carbonyl (C=O) groups excluding carboxylic acids is 2. The van der Waals surface area contributed by atoms with Crippen LogP contribution in [0.4, 0.5) is 15.2 Å². The van der Waals surface area contributed by atoms with Gasteiger partial charge in [0.2, 0.25) is 5.91 Å². The summed E-state index contributed by atoms with van der Waals surface area (Å²) in [5.74, 6) is -1.01. The third-order valence-corrected chi connectivity index (χ3v) is 6.59. The second kappa shape index (κ2) is 7.20. The van der Waals surface area contributed by atoms with Crippen LogP contribution in [-0.2, 0) is 9.59 Å². The number of hydrogen-bond donors (Lipinski definition) is 0. The highest BCUT2D eigenvalue weighted by atomic mass is 32.1. The molecule has 3 aromatic rings. The van der Waals surface area contributed by atoms with Crippen molar-refractivity contribution in [2.75, 3.05) is 36.0 Å². The van der Waals surface area contributed by atoms with Crippen molar-refractivity contribution in [1.29, 1.82) is 0 Å². The van der Waals surface area contributed by atoms with Crippen LogP contribution in [0.2, 0.25) is 0 Å². The zero-order chi connectivity index (χ0) is 20.0. The molecule has 0 N–H and O–H groups in total. The average Bonchev–Trinajstić information content (AvgIpc) is 3.29. The highest BCUT2D eigenvalue weighted by molar-refractivity contribution is 7.22. The second-order valence-electron chi connectivity index (χ2n) is 7.25. The SMILES string of the molecule is O=C1C[C@@H](N2CCN(c3nc4ccccc4s3)CC2)C(=O)N1c1cccc(F)c1. The third kappa shape index (κ3) is 3.28. The second-order valence-corrected chi connectivity index (χ2v) is 8.26. The molecule has 0 saturated carbocycles. The van der Waals surface area contributed by atoms with E-state index in [0.29, 0.717) is 18.8 Å². The van der Waals surface area contributed by atoms with Gasteiger partial charge in [0.05, 0.1) is 28.4 Å². The van der Waals surface area contributed by atoms with E-state index in [1.165, 1.54) is 18.2 Å². The number of hydrogen-bond acceptors (Lipinski definition) is 6. The number of halogens is 1. The molecule has 2 aliphatic heterocycles. The van der Waals surface area contributed by atoms with Crippen LogP contribution >= 0.6 is 11.3 Å². The van der Waals surface area contributed by atoms with Crippen LogP contribution in [0.25, 0.3) is 10.2 Å². The predicted octanol–water partition coefficient (Wildman–Crippen LogP) is 2.89. The van der Waals surface area contributed by atoms with Crippen LogP contribution in [0.5, 0.6) is 0 Å². The molecule has 29 heavy (non-hydrogen) atoms. The van der Waals surface area contributed by atoms with Gasteiger partial charge in [0.25, 0.3) is 5.91 Å². The quantitative estimate of drug-likeness (QED) is 0.622. The summed E-state index contributed by atoms with van der Waals surface area (Å²) in [6, 6.07) is 13.2. The normalized spacial score (nSPS) is 20.8. The Morgan fingerprint density at radius 3 is 2.55 bits per heavy atom. The van der Waals surface area contributed by atoms with E-state index in [1.807, 2.05) is 18.2 Å². The van der Waals surface area contributed by atoms with Crippen LogP contribution < -0.4 is 9.80 Å². The van der Waals surface area contributed by atoms with Crippen molar-refractivity contribution in [3.05, 3.63) is 54.3 Å². The molecule has 2 amide bonds. The highest BCUT2D eigenvalue weighted by Crippen LogP contribution is 2.31. The van der Waals surface area contributed by atoms with E-state index in [0.717, 1.165) is 33.3 Å². The fraction of sp³-hybridized carbons (Fsp3) is 0.286. The Balaban J connectivity index is 1.28. The maximum absolute atomic E-state index is 13.5. The molecule has 2 aromatic carbocycles. The van der Waals surface area contributed by atoms with Crippen molar-refractivity contribution >= 4 is 44.2 Å². The average molecular weight is 410 g/mol. The Labute approximate surface area is 171 Å². The molecular weight excluding hydrogens is 391 g/mol. The molecule has 0 unspecified atom stereocenters. The number of carbonyl (C=O) groups is 2. The van der Waals surface area contributed by atoms with E-state index in [2.05, 4.69) is 15.9 Å². The summed E-state index contributed by atoms with van der Waals surface area (Å²) >= 11 is 1.67. The Hall–Kier alpha value is -2.84. The van der Waals surface area contributed by atoms with Gasteiger partial charge in [-0.2, -0.15) is 0 Å². The zero-order valence-electron chi connectivity index (χ0n) is 15.6. The number of aromatic nitrogens is 1. The van der Waals surface area contributed by atoms with E-state index in [-0.39, 0.29) is 18.2 Å². The standard InChI is InChI=1S/C21H19FN4O2S/c22-14-4-3-5-15(12-14)26-19(27)13-17(20(26)28)24-8-10-25(11-9-24)21-23-16-6-1-2-7-18(16)29-21/h1-7,12,17H,8-11,13H2/t17-/m1/s1. The molecular formula is C21H19FN4O2S. The molecule has 2 aliphatic rings. The van der Waals surface area contributed by atoms with E-state index in [9.17, 15) is 14.0 Å². The number of amides is 2. The number of rotatable bonds is 3. The number of thiazole rings is 1. The fourth-order valence-electron chi connectivity index (χ4n) is 4.01. The van der Waals surface area contributed by atoms with Gasteiger partial charge in [0, 0.05) is 26.2 Å². The summed E-state index contributed by atoms with van der Waals surface area (Å²) in [6.45, 7) is 2.85. The topological polar surface area (TPSA) is 56.8 Å². The molecule has 148 valence electrons. The lowest BCUT2D eigenvalue weighted by Gasteiger charge is -2.36. The first-order chi connectivity index (χ1) is 14.1. The van der Waals surface area contributed by atoms with Crippen LogP contribution in [0.15, 0.2) is 48.5 Å². The van der Waals surface area contributed by atoms with Gasteiger partial charge >= 0.3 is 0 Å². The molecule has 1 aromatic heterocycles. The lowest BCUT2D eigenvalue weighted by molar-refractivity contribution is -0.123.